The maximum Gasteiger partial charge on any atom is 0.236 e. The molecule has 1 unspecified atom stereocenters. The summed E-state index contributed by atoms with van der Waals surface area (Å²) in [6, 6.07) is 3.84. The molecule has 1 rings (SSSR count). The molecule has 0 radical (unpaired) electrons. The van der Waals surface area contributed by atoms with Gasteiger partial charge in [0.25, 0.3) is 0 Å². The molecule has 0 spiro atoms. The molecule has 16 heavy (non-hydrogen) atoms. The fourth-order valence-corrected chi connectivity index (χ4v) is 1.53. The molecule has 88 valence electrons. The molecule has 0 aliphatic carbocycles. The summed E-state index contributed by atoms with van der Waals surface area (Å²) in [4.78, 5) is 15.5. The Hall–Kier alpha value is -1.42. The molecule has 1 amide bonds. The molecular formula is C12H19N3O. The largest absolute Gasteiger partial charge is 0.355 e. The van der Waals surface area contributed by atoms with Crippen LogP contribution in [0.15, 0.2) is 24.5 Å². The third kappa shape index (κ3) is 3.62. The normalized spacial score (nSPS) is 14.2. The van der Waals surface area contributed by atoms with Crippen molar-refractivity contribution in [3.8, 4) is 0 Å². The number of likely N-dealkylation sites (N-methyl/N-ethyl adjacent to an activating group) is 1. The van der Waals surface area contributed by atoms with Gasteiger partial charge in [-0.25, -0.2) is 0 Å². The van der Waals surface area contributed by atoms with Crippen molar-refractivity contribution in [2.75, 3.05) is 6.54 Å². The maximum atomic E-state index is 11.5. The van der Waals surface area contributed by atoms with Crippen molar-refractivity contribution in [1.82, 2.24) is 15.6 Å². The second-order valence-corrected chi connectivity index (χ2v) is 3.79. The van der Waals surface area contributed by atoms with Gasteiger partial charge in [-0.1, -0.05) is 0 Å². The van der Waals surface area contributed by atoms with Crippen LogP contribution in [0.25, 0.3) is 0 Å². The zero-order chi connectivity index (χ0) is 12.0. The van der Waals surface area contributed by atoms with Crippen LogP contribution in [-0.4, -0.2) is 23.5 Å². The van der Waals surface area contributed by atoms with Gasteiger partial charge in [-0.3, -0.25) is 15.1 Å². The van der Waals surface area contributed by atoms with Crippen molar-refractivity contribution in [2.45, 2.75) is 32.9 Å². The third-order valence-corrected chi connectivity index (χ3v) is 2.45. The van der Waals surface area contributed by atoms with E-state index in [-0.39, 0.29) is 18.0 Å². The monoisotopic (exact) mass is 221 g/mol. The quantitative estimate of drug-likeness (QED) is 0.787. The lowest BCUT2D eigenvalue weighted by Crippen LogP contribution is -2.43. The van der Waals surface area contributed by atoms with Crippen molar-refractivity contribution in [3.63, 3.8) is 0 Å². The molecule has 0 aliphatic heterocycles. The minimum Gasteiger partial charge on any atom is -0.355 e. The zero-order valence-corrected chi connectivity index (χ0v) is 10.0. The molecule has 1 aromatic rings. The van der Waals surface area contributed by atoms with Crippen molar-refractivity contribution < 1.29 is 4.79 Å². The van der Waals surface area contributed by atoms with Crippen LogP contribution in [0.1, 0.15) is 32.4 Å². The zero-order valence-electron chi connectivity index (χ0n) is 10.0. The second-order valence-electron chi connectivity index (χ2n) is 3.79. The third-order valence-electron chi connectivity index (χ3n) is 2.45. The fourth-order valence-electron chi connectivity index (χ4n) is 1.53. The van der Waals surface area contributed by atoms with Crippen LogP contribution >= 0.6 is 0 Å². The van der Waals surface area contributed by atoms with Gasteiger partial charge in [-0.2, -0.15) is 0 Å². The standard InChI is InChI=1S/C12H19N3O/c1-4-14-12(16)10(3)15-9(2)11-5-7-13-8-6-11/h5-10,15H,4H2,1-3H3,(H,14,16)/t9-,10?/m0/s1. The summed E-state index contributed by atoms with van der Waals surface area (Å²) in [5, 5.41) is 6.03. The van der Waals surface area contributed by atoms with Gasteiger partial charge < -0.3 is 5.32 Å². The number of hydrogen-bond acceptors (Lipinski definition) is 3. The highest BCUT2D eigenvalue weighted by Gasteiger charge is 2.14. The first-order valence-corrected chi connectivity index (χ1v) is 5.58. The van der Waals surface area contributed by atoms with Crippen LogP contribution in [0.3, 0.4) is 0 Å². The lowest BCUT2D eigenvalue weighted by atomic mass is 10.1. The average Bonchev–Trinajstić information content (AvgIpc) is 2.30. The predicted molar refractivity (Wildman–Crippen MR) is 63.9 cm³/mol. The van der Waals surface area contributed by atoms with Crippen molar-refractivity contribution >= 4 is 5.91 Å². The van der Waals surface area contributed by atoms with E-state index in [1.807, 2.05) is 32.9 Å². The maximum absolute atomic E-state index is 11.5. The number of carbonyl (C=O) groups excluding carboxylic acids is 1. The Bertz CT molecular complexity index is 326. The highest BCUT2D eigenvalue weighted by Crippen LogP contribution is 2.10. The van der Waals surface area contributed by atoms with E-state index in [2.05, 4.69) is 15.6 Å². The number of carbonyl (C=O) groups is 1. The van der Waals surface area contributed by atoms with Gasteiger partial charge in [0.1, 0.15) is 0 Å². The van der Waals surface area contributed by atoms with Crippen molar-refractivity contribution in [2.24, 2.45) is 0 Å². The van der Waals surface area contributed by atoms with Crippen molar-refractivity contribution in [1.29, 1.82) is 0 Å². The number of nitrogens with zero attached hydrogens (tertiary/aromatic N) is 1. The van der Waals surface area contributed by atoms with Gasteiger partial charge in [0.2, 0.25) is 5.91 Å². The summed E-state index contributed by atoms with van der Waals surface area (Å²) >= 11 is 0. The molecule has 0 aromatic carbocycles. The number of amides is 1. The summed E-state index contributed by atoms with van der Waals surface area (Å²) in [5.74, 6) is 0.0309. The highest BCUT2D eigenvalue weighted by molar-refractivity contribution is 5.81. The molecule has 1 aromatic heterocycles. The Morgan fingerprint density at radius 2 is 2.00 bits per heavy atom. The summed E-state index contributed by atoms with van der Waals surface area (Å²) in [7, 11) is 0. The summed E-state index contributed by atoms with van der Waals surface area (Å²) in [6.07, 6.45) is 3.51. The first-order chi connectivity index (χ1) is 7.65. The number of nitrogens with one attached hydrogen (secondary N) is 2. The van der Waals surface area contributed by atoms with Gasteiger partial charge in [0, 0.05) is 25.0 Å². The molecule has 1 heterocycles. The van der Waals surface area contributed by atoms with Crippen molar-refractivity contribution in [3.05, 3.63) is 30.1 Å². The van der Waals surface area contributed by atoms with E-state index in [1.54, 1.807) is 12.4 Å². The minimum atomic E-state index is -0.192. The first kappa shape index (κ1) is 12.6. The van der Waals surface area contributed by atoms with Gasteiger partial charge in [0.05, 0.1) is 6.04 Å². The highest BCUT2D eigenvalue weighted by atomic mass is 16.2. The molecule has 0 saturated heterocycles. The lowest BCUT2D eigenvalue weighted by molar-refractivity contribution is -0.122. The Morgan fingerprint density at radius 3 is 2.56 bits per heavy atom. The number of rotatable bonds is 5. The Balaban J connectivity index is 2.51. The van der Waals surface area contributed by atoms with E-state index in [0.29, 0.717) is 6.54 Å². The van der Waals surface area contributed by atoms with Crippen LogP contribution in [0.4, 0.5) is 0 Å². The van der Waals surface area contributed by atoms with E-state index in [4.69, 9.17) is 0 Å². The molecule has 0 fully saturated rings. The Morgan fingerprint density at radius 1 is 1.38 bits per heavy atom. The first-order valence-electron chi connectivity index (χ1n) is 5.58. The number of pyridine rings is 1. The summed E-state index contributed by atoms with van der Waals surface area (Å²) < 4.78 is 0. The SMILES string of the molecule is CCNC(=O)C(C)N[C@@H](C)c1ccncc1. The number of aromatic nitrogens is 1. The van der Waals surface area contributed by atoms with Gasteiger partial charge >= 0.3 is 0 Å². The topological polar surface area (TPSA) is 54.0 Å². The van der Waals surface area contributed by atoms with Crippen LogP contribution < -0.4 is 10.6 Å². The lowest BCUT2D eigenvalue weighted by Gasteiger charge is -2.19. The fraction of sp³-hybridized carbons (Fsp3) is 0.500. The molecule has 0 saturated carbocycles. The van der Waals surface area contributed by atoms with E-state index in [0.717, 1.165) is 5.56 Å². The minimum absolute atomic E-state index is 0.0309. The molecule has 0 aliphatic rings. The van der Waals surface area contributed by atoms with Crippen LogP contribution in [0.5, 0.6) is 0 Å². The van der Waals surface area contributed by atoms with Crippen LogP contribution in [0, 0.1) is 0 Å². The predicted octanol–water partition coefficient (Wildman–Crippen LogP) is 1.26. The van der Waals surface area contributed by atoms with Gasteiger partial charge in [0.15, 0.2) is 0 Å². The molecule has 2 N–H and O–H groups in total. The Kier molecular flexibility index (Phi) is 4.92. The summed E-state index contributed by atoms with van der Waals surface area (Å²) in [5.41, 5.74) is 1.13. The molecule has 4 nitrogen and oxygen atoms in total. The molecule has 4 heteroatoms. The Labute approximate surface area is 96.5 Å². The summed E-state index contributed by atoms with van der Waals surface area (Å²) in [6.45, 7) is 6.47. The van der Waals surface area contributed by atoms with Gasteiger partial charge in [-0.05, 0) is 38.5 Å². The van der Waals surface area contributed by atoms with Crippen LogP contribution in [-0.2, 0) is 4.79 Å². The molecule has 0 bridgehead atoms. The van der Waals surface area contributed by atoms with Crippen LogP contribution in [0.2, 0.25) is 0 Å². The second kappa shape index (κ2) is 6.23. The number of hydrogen-bond donors (Lipinski definition) is 2. The van der Waals surface area contributed by atoms with E-state index >= 15 is 0 Å². The van der Waals surface area contributed by atoms with E-state index in [1.165, 1.54) is 0 Å². The smallest absolute Gasteiger partial charge is 0.236 e. The average molecular weight is 221 g/mol. The molecular weight excluding hydrogens is 202 g/mol. The van der Waals surface area contributed by atoms with E-state index in [9.17, 15) is 4.79 Å². The van der Waals surface area contributed by atoms with E-state index < -0.39 is 0 Å². The van der Waals surface area contributed by atoms with Gasteiger partial charge in [-0.15, -0.1) is 0 Å². The molecule has 2 atom stereocenters.